The second kappa shape index (κ2) is 5.61. The summed E-state index contributed by atoms with van der Waals surface area (Å²) in [4.78, 5) is 17.5. The second-order valence-electron chi connectivity index (χ2n) is 5.51. The van der Waals surface area contributed by atoms with Crippen LogP contribution >= 0.6 is 0 Å². The summed E-state index contributed by atoms with van der Waals surface area (Å²) in [5.41, 5.74) is 3.54. The zero-order valence-electron chi connectivity index (χ0n) is 12.8. The highest BCUT2D eigenvalue weighted by atomic mass is 16.4. The van der Waals surface area contributed by atoms with Crippen LogP contribution in [0.5, 0.6) is 5.75 Å². The lowest BCUT2D eigenvalue weighted by Gasteiger charge is -2.17. The molecule has 0 spiro atoms. The lowest BCUT2D eigenvalue weighted by Crippen LogP contribution is -2.09. The molecule has 23 heavy (non-hydrogen) atoms. The van der Waals surface area contributed by atoms with Crippen molar-refractivity contribution in [1.29, 1.82) is 0 Å². The molecule has 0 radical (unpaired) electrons. The number of phenols is 1. The van der Waals surface area contributed by atoms with E-state index in [0.29, 0.717) is 0 Å². The number of aromatic carboxylic acids is 1. The molecule has 0 atom stereocenters. The van der Waals surface area contributed by atoms with Gasteiger partial charge in [0.2, 0.25) is 0 Å². The average molecular weight is 308 g/mol. The third-order valence-corrected chi connectivity index (χ3v) is 3.68. The largest absolute Gasteiger partial charge is 0.508 e. The summed E-state index contributed by atoms with van der Waals surface area (Å²) in [6, 6.07) is 13.6. The molecule has 1 heterocycles. The standard InChI is InChI=1S/C18H16N2O3/c1-20(2)17-10-16(11-3-5-12(6-4-11)18(22)23)19-15-8-7-13(21)9-14(15)17/h3-10,21H,1-2H3,(H,22,23). The number of anilines is 1. The molecule has 0 saturated carbocycles. The van der Waals surface area contributed by atoms with E-state index in [1.54, 1.807) is 42.5 Å². The zero-order valence-corrected chi connectivity index (χ0v) is 12.8. The number of carboxylic acid groups (broad SMARTS) is 1. The van der Waals surface area contributed by atoms with Gasteiger partial charge in [0.1, 0.15) is 5.75 Å². The van der Waals surface area contributed by atoms with Crippen molar-refractivity contribution in [3.8, 4) is 17.0 Å². The van der Waals surface area contributed by atoms with E-state index in [9.17, 15) is 9.90 Å². The summed E-state index contributed by atoms with van der Waals surface area (Å²) in [5, 5.41) is 19.5. The van der Waals surface area contributed by atoms with E-state index in [1.165, 1.54) is 0 Å². The molecule has 2 N–H and O–H groups in total. The van der Waals surface area contributed by atoms with Crippen molar-refractivity contribution < 1.29 is 15.0 Å². The molecule has 0 aliphatic heterocycles. The fourth-order valence-corrected chi connectivity index (χ4v) is 2.50. The Bertz CT molecular complexity index is 887. The second-order valence-corrected chi connectivity index (χ2v) is 5.51. The van der Waals surface area contributed by atoms with Gasteiger partial charge in [-0.25, -0.2) is 9.78 Å². The Morgan fingerprint density at radius 3 is 2.35 bits per heavy atom. The molecule has 0 amide bonds. The number of carboxylic acids is 1. The predicted octanol–water partition coefficient (Wildman–Crippen LogP) is 3.37. The number of hydrogen-bond acceptors (Lipinski definition) is 4. The zero-order chi connectivity index (χ0) is 16.6. The van der Waals surface area contributed by atoms with E-state index < -0.39 is 5.97 Å². The highest BCUT2D eigenvalue weighted by molar-refractivity contribution is 5.95. The fourth-order valence-electron chi connectivity index (χ4n) is 2.50. The van der Waals surface area contributed by atoms with Crippen LogP contribution in [-0.2, 0) is 0 Å². The molecule has 1 aromatic heterocycles. The minimum atomic E-state index is -0.951. The van der Waals surface area contributed by atoms with E-state index in [1.807, 2.05) is 25.1 Å². The average Bonchev–Trinajstić information content (AvgIpc) is 2.53. The molecule has 2 aromatic carbocycles. The van der Waals surface area contributed by atoms with Crippen molar-refractivity contribution in [1.82, 2.24) is 4.98 Å². The topological polar surface area (TPSA) is 73.7 Å². The van der Waals surface area contributed by atoms with Crippen LogP contribution in [0.2, 0.25) is 0 Å². The van der Waals surface area contributed by atoms with Gasteiger partial charge in [-0.1, -0.05) is 12.1 Å². The quantitative estimate of drug-likeness (QED) is 0.776. The summed E-state index contributed by atoms with van der Waals surface area (Å²) in [7, 11) is 3.85. The van der Waals surface area contributed by atoms with E-state index >= 15 is 0 Å². The summed E-state index contributed by atoms with van der Waals surface area (Å²) in [6.07, 6.45) is 0. The molecule has 0 fully saturated rings. The minimum absolute atomic E-state index is 0.195. The number of fused-ring (bicyclic) bond motifs is 1. The third-order valence-electron chi connectivity index (χ3n) is 3.68. The smallest absolute Gasteiger partial charge is 0.335 e. The van der Waals surface area contributed by atoms with Gasteiger partial charge in [0.25, 0.3) is 0 Å². The number of carbonyl (C=O) groups is 1. The summed E-state index contributed by atoms with van der Waals surface area (Å²) >= 11 is 0. The lowest BCUT2D eigenvalue weighted by atomic mass is 10.1. The Balaban J connectivity index is 2.18. The Labute approximate surface area is 133 Å². The van der Waals surface area contributed by atoms with Crippen LogP contribution in [0, 0.1) is 0 Å². The molecule has 0 saturated heterocycles. The Kier molecular flexibility index (Phi) is 3.62. The maximum absolute atomic E-state index is 11.0. The van der Waals surface area contributed by atoms with Crippen molar-refractivity contribution in [2.45, 2.75) is 0 Å². The van der Waals surface area contributed by atoms with Gasteiger partial charge < -0.3 is 15.1 Å². The van der Waals surface area contributed by atoms with E-state index in [-0.39, 0.29) is 11.3 Å². The maximum Gasteiger partial charge on any atom is 0.335 e. The maximum atomic E-state index is 11.0. The van der Waals surface area contributed by atoms with Gasteiger partial charge >= 0.3 is 5.97 Å². The van der Waals surface area contributed by atoms with Crippen molar-refractivity contribution in [3.63, 3.8) is 0 Å². The molecular weight excluding hydrogens is 292 g/mol. The molecule has 5 heteroatoms. The van der Waals surface area contributed by atoms with E-state index in [2.05, 4.69) is 4.98 Å². The molecule has 0 unspecified atom stereocenters. The van der Waals surface area contributed by atoms with Crippen molar-refractivity contribution >= 4 is 22.6 Å². The first-order valence-corrected chi connectivity index (χ1v) is 7.10. The predicted molar refractivity (Wildman–Crippen MR) is 90.1 cm³/mol. The number of benzene rings is 2. The van der Waals surface area contributed by atoms with Crippen molar-refractivity contribution in [3.05, 3.63) is 54.1 Å². The molecule has 5 nitrogen and oxygen atoms in total. The molecule has 3 aromatic rings. The molecule has 0 aliphatic rings. The Morgan fingerprint density at radius 2 is 1.74 bits per heavy atom. The minimum Gasteiger partial charge on any atom is -0.508 e. The number of aromatic nitrogens is 1. The molecule has 0 aliphatic carbocycles. The van der Waals surface area contributed by atoms with Crippen LogP contribution in [-0.4, -0.2) is 35.3 Å². The Hall–Kier alpha value is -3.08. The number of nitrogens with zero attached hydrogens (tertiary/aromatic N) is 2. The van der Waals surface area contributed by atoms with Crippen LogP contribution in [0.1, 0.15) is 10.4 Å². The molecule has 116 valence electrons. The fraction of sp³-hybridized carbons (Fsp3) is 0.111. The first-order chi connectivity index (χ1) is 11.0. The van der Waals surface area contributed by atoms with Crippen molar-refractivity contribution in [2.24, 2.45) is 0 Å². The van der Waals surface area contributed by atoms with E-state index in [4.69, 9.17) is 5.11 Å². The third kappa shape index (κ3) is 2.81. The number of aromatic hydroxyl groups is 1. The van der Waals surface area contributed by atoms with Gasteiger partial charge in [-0.05, 0) is 36.4 Å². The van der Waals surface area contributed by atoms with Gasteiger partial charge in [0.15, 0.2) is 0 Å². The summed E-state index contributed by atoms with van der Waals surface area (Å²) in [6.45, 7) is 0. The van der Waals surface area contributed by atoms with Gasteiger partial charge in [-0.2, -0.15) is 0 Å². The van der Waals surface area contributed by atoms with Crippen LogP contribution in [0.25, 0.3) is 22.2 Å². The number of rotatable bonds is 3. The monoisotopic (exact) mass is 308 g/mol. The Morgan fingerprint density at radius 1 is 1.04 bits per heavy atom. The molecular formula is C18H16N2O3. The highest BCUT2D eigenvalue weighted by Crippen LogP contribution is 2.32. The van der Waals surface area contributed by atoms with Crippen LogP contribution in [0.4, 0.5) is 5.69 Å². The first-order valence-electron chi connectivity index (χ1n) is 7.10. The van der Waals surface area contributed by atoms with Crippen molar-refractivity contribution in [2.75, 3.05) is 19.0 Å². The van der Waals surface area contributed by atoms with Gasteiger partial charge in [-0.15, -0.1) is 0 Å². The summed E-state index contributed by atoms with van der Waals surface area (Å²) < 4.78 is 0. The SMILES string of the molecule is CN(C)c1cc(-c2ccc(C(=O)O)cc2)nc2ccc(O)cc12. The van der Waals surface area contributed by atoms with Crippen LogP contribution in [0.3, 0.4) is 0 Å². The van der Waals surface area contributed by atoms with Gasteiger partial charge in [0, 0.05) is 30.7 Å². The lowest BCUT2D eigenvalue weighted by molar-refractivity contribution is 0.0697. The van der Waals surface area contributed by atoms with Gasteiger partial charge in [-0.3, -0.25) is 0 Å². The molecule has 3 rings (SSSR count). The molecule has 0 bridgehead atoms. The number of phenolic OH excluding ortho intramolecular Hbond substituents is 1. The number of hydrogen-bond donors (Lipinski definition) is 2. The van der Waals surface area contributed by atoms with E-state index in [0.717, 1.165) is 27.8 Å². The van der Waals surface area contributed by atoms with Crippen LogP contribution in [0.15, 0.2) is 48.5 Å². The number of pyridine rings is 1. The normalized spacial score (nSPS) is 10.7. The van der Waals surface area contributed by atoms with Crippen LogP contribution < -0.4 is 4.90 Å². The first kappa shape index (κ1) is 14.8. The highest BCUT2D eigenvalue weighted by Gasteiger charge is 2.11. The van der Waals surface area contributed by atoms with Gasteiger partial charge in [0.05, 0.1) is 16.8 Å². The summed E-state index contributed by atoms with van der Waals surface area (Å²) in [5.74, 6) is -0.756.